The van der Waals surface area contributed by atoms with Gasteiger partial charge in [-0.05, 0) is 13.3 Å². The Kier molecular flexibility index (Phi) is 2.03. The molecule has 0 radical (unpaired) electrons. The molecule has 1 aliphatic rings. The third-order valence-corrected chi connectivity index (χ3v) is 3.82. The molecule has 0 saturated carbocycles. The predicted octanol–water partition coefficient (Wildman–Crippen LogP) is -0.169. The van der Waals surface area contributed by atoms with E-state index in [0.717, 1.165) is 0 Å². The minimum absolute atomic E-state index is 0.0732. The molecule has 1 rings (SSSR count). The molecule has 0 aromatic carbocycles. The number of carbonyl (C=O) groups is 1. The maximum atomic E-state index is 11.0. The average molecular weight is 193 g/mol. The number of rotatable bonds is 1. The average Bonchev–Trinajstić information content (AvgIpc) is 2.03. The van der Waals surface area contributed by atoms with Crippen molar-refractivity contribution in [1.82, 2.24) is 5.32 Å². The normalized spacial score (nSPS) is 33.1. The number of nitrogens with one attached hydrogen (secondary N) is 1. The molecule has 1 aliphatic heterocycles. The zero-order chi connectivity index (χ0) is 9.41. The lowest BCUT2D eigenvalue weighted by molar-refractivity contribution is 0.183. The highest BCUT2D eigenvalue weighted by atomic mass is 32.2. The van der Waals surface area contributed by atoms with Crippen LogP contribution in [-0.2, 0) is 9.84 Å². The quantitative estimate of drug-likeness (QED) is 0.605. The van der Waals surface area contributed by atoms with Crippen LogP contribution in [0.15, 0.2) is 0 Å². The lowest BCUT2D eigenvalue weighted by Crippen LogP contribution is -2.46. The molecule has 1 unspecified atom stereocenters. The first-order valence-corrected chi connectivity index (χ1v) is 5.37. The van der Waals surface area contributed by atoms with Crippen molar-refractivity contribution in [1.29, 1.82) is 0 Å². The van der Waals surface area contributed by atoms with Gasteiger partial charge < -0.3 is 10.4 Å². The van der Waals surface area contributed by atoms with E-state index in [1.165, 1.54) is 0 Å². The molecule has 12 heavy (non-hydrogen) atoms. The molecule has 1 atom stereocenters. The van der Waals surface area contributed by atoms with Crippen molar-refractivity contribution in [2.24, 2.45) is 0 Å². The van der Waals surface area contributed by atoms with Crippen LogP contribution in [0.4, 0.5) is 4.79 Å². The van der Waals surface area contributed by atoms with Crippen molar-refractivity contribution < 1.29 is 18.3 Å². The second-order valence-corrected chi connectivity index (χ2v) is 5.52. The zero-order valence-corrected chi connectivity index (χ0v) is 7.52. The summed E-state index contributed by atoms with van der Waals surface area (Å²) >= 11 is 0. The summed E-state index contributed by atoms with van der Waals surface area (Å²) in [5.41, 5.74) is -0.787. The Hall–Kier alpha value is -0.780. The van der Waals surface area contributed by atoms with Crippen molar-refractivity contribution in [3.63, 3.8) is 0 Å². The highest BCUT2D eigenvalue weighted by Gasteiger charge is 2.39. The summed E-state index contributed by atoms with van der Waals surface area (Å²) in [5, 5.41) is 10.6. The van der Waals surface area contributed by atoms with E-state index in [1.807, 2.05) is 0 Å². The summed E-state index contributed by atoms with van der Waals surface area (Å²) in [7, 11) is -3.03. The van der Waals surface area contributed by atoms with E-state index in [0.29, 0.717) is 6.42 Å². The van der Waals surface area contributed by atoms with Crippen molar-refractivity contribution in [2.45, 2.75) is 18.9 Å². The Balaban J connectivity index is 2.71. The molecule has 1 saturated heterocycles. The highest BCUT2D eigenvalue weighted by molar-refractivity contribution is 7.91. The van der Waals surface area contributed by atoms with Gasteiger partial charge >= 0.3 is 6.09 Å². The van der Waals surface area contributed by atoms with Crippen molar-refractivity contribution >= 4 is 15.9 Å². The number of sulfone groups is 1. The molecule has 2 N–H and O–H groups in total. The fourth-order valence-corrected chi connectivity index (χ4v) is 3.46. The molecule has 0 aliphatic carbocycles. The molecular formula is C6H11NO4S. The van der Waals surface area contributed by atoms with Crippen LogP contribution in [0, 0.1) is 0 Å². The number of amides is 1. The van der Waals surface area contributed by atoms with Crippen LogP contribution in [0.1, 0.15) is 13.3 Å². The molecule has 0 aromatic heterocycles. The van der Waals surface area contributed by atoms with Gasteiger partial charge in [-0.25, -0.2) is 13.2 Å². The zero-order valence-electron chi connectivity index (χ0n) is 6.70. The standard InChI is InChI=1S/C6H11NO4S/c1-6(7-5(8)9)2-3-12(10,11)4-6/h7H,2-4H2,1H3,(H,8,9). The Bertz CT molecular complexity index is 297. The van der Waals surface area contributed by atoms with Crippen LogP contribution in [0.25, 0.3) is 0 Å². The fourth-order valence-electron chi connectivity index (χ4n) is 1.37. The summed E-state index contributed by atoms with van der Waals surface area (Å²) < 4.78 is 22.0. The molecule has 6 heteroatoms. The first-order valence-electron chi connectivity index (χ1n) is 3.55. The van der Waals surface area contributed by atoms with Gasteiger partial charge in [-0.1, -0.05) is 0 Å². The second kappa shape index (κ2) is 2.62. The molecule has 0 bridgehead atoms. The van der Waals surface area contributed by atoms with Gasteiger partial charge in [-0.2, -0.15) is 0 Å². The second-order valence-electron chi connectivity index (χ2n) is 3.33. The third-order valence-electron chi connectivity index (χ3n) is 1.91. The van der Waals surface area contributed by atoms with Crippen molar-refractivity contribution in [3.8, 4) is 0 Å². The Labute approximate surface area is 70.7 Å². The van der Waals surface area contributed by atoms with Crippen molar-refractivity contribution in [2.75, 3.05) is 11.5 Å². The first kappa shape index (κ1) is 9.31. The summed E-state index contributed by atoms with van der Waals surface area (Å²) in [6, 6.07) is 0. The van der Waals surface area contributed by atoms with Gasteiger partial charge in [-0.3, -0.25) is 0 Å². The maximum Gasteiger partial charge on any atom is 0.405 e. The minimum atomic E-state index is -3.03. The summed E-state index contributed by atoms with van der Waals surface area (Å²) in [6.45, 7) is 1.60. The summed E-state index contributed by atoms with van der Waals surface area (Å²) in [6.07, 6.45) is -0.809. The van der Waals surface area contributed by atoms with Gasteiger partial charge in [0.2, 0.25) is 0 Å². The van der Waals surface area contributed by atoms with Gasteiger partial charge in [0.25, 0.3) is 0 Å². The van der Waals surface area contributed by atoms with Gasteiger partial charge in [0.05, 0.1) is 17.0 Å². The molecule has 1 heterocycles. The van der Waals surface area contributed by atoms with Crippen LogP contribution in [0.2, 0.25) is 0 Å². The lowest BCUT2D eigenvalue weighted by Gasteiger charge is -2.21. The molecule has 70 valence electrons. The molecule has 5 nitrogen and oxygen atoms in total. The van der Waals surface area contributed by atoms with Crippen molar-refractivity contribution in [3.05, 3.63) is 0 Å². The van der Waals surface area contributed by atoms with Crippen LogP contribution in [0.3, 0.4) is 0 Å². The van der Waals surface area contributed by atoms with Crippen LogP contribution in [-0.4, -0.2) is 36.7 Å². The summed E-state index contributed by atoms with van der Waals surface area (Å²) in [4.78, 5) is 10.3. The van der Waals surface area contributed by atoms with Gasteiger partial charge in [-0.15, -0.1) is 0 Å². The fraction of sp³-hybridized carbons (Fsp3) is 0.833. The smallest absolute Gasteiger partial charge is 0.405 e. The van der Waals surface area contributed by atoms with Crippen LogP contribution >= 0.6 is 0 Å². The Morgan fingerprint density at radius 1 is 1.58 bits per heavy atom. The number of hydrogen-bond donors (Lipinski definition) is 2. The monoisotopic (exact) mass is 193 g/mol. The molecule has 1 fully saturated rings. The van der Waals surface area contributed by atoms with Crippen LogP contribution in [0.5, 0.6) is 0 Å². The molecule has 1 amide bonds. The SMILES string of the molecule is CC1(NC(=O)O)CCS(=O)(=O)C1. The maximum absolute atomic E-state index is 11.0. The van der Waals surface area contributed by atoms with Gasteiger partial charge in [0.1, 0.15) is 0 Å². The van der Waals surface area contributed by atoms with E-state index in [9.17, 15) is 13.2 Å². The van der Waals surface area contributed by atoms with E-state index in [2.05, 4.69) is 5.32 Å². The van der Waals surface area contributed by atoms with E-state index in [4.69, 9.17) is 5.11 Å². The van der Waals surface area contributed by atoms with Gasteiger partial charge in [0, 0.05) is 0 Å². The van der Waals surface area contributed by atoms with Gasteiger partial charge in [0.15, 0.2) is 9.84 Å². The van der Waals surface area contributed by atoms with E-state index < -0.39 is 21.5 Å². The predicted molar refractivity (Wildman–Crippen MR) is 42.8 cm³/mol. The van der Waals surface area contributed by atoms with E-state index in [-0.39, 0.29) is 11.5 Å². The largest absolute Gasteiger partial charge is 0.465 e. The highest BCUT2D eigenvalue weighted by Crippen LogP contribution is 2.22. The number of carboxylic acid groups (broad SMARTS) is 1. The topological polar surface area (TPSA) is 83.5 Å². The Morgan fingerprint density at radius 3 is 2.50 bits per heavy atom. The first-order chi connectivity index (χ1) is 5.33. The van der Waals surface area contributed by atoms with Crippen LogP contribution < -0.4 is 5.32 Å². The Morgan fingerprint density at radius 2 is 2.17 bits per heavy atom. The minimum Gasteiger partial charge on any atom is -0.465 e. The molecular weight excluding hydrogens is 182 g/mol. The summed E-state index contributed by atoms with van der Waals surface area (Å²) in [5.74, 6) is -0.0178. The third kappa shape index (κ3) is 2.10. The molecule has 0 spiro atoms. The lowest BCUT2D eigenvalue weighted by atomic mass is 10.0. The molecule has 0 aromatic rings. The van der Waals surface area contributed by atoms with E-state index >= 15 is 0 Å². The van der Waals surface area contributed by atoms with E-state index in [1.54, 1.807) is 6.92 Å². The number of hydrogen-bond acceptors (Lipinski definition) is 3.